The molecule has 8 nitrogen and oxygen atoms in total. The van der Waals surface area contributed by atoms with E-state index >= 15 is 0 Å². The average molecular weight is 325 g/mol. The number of allylic oxidation sites excluding steroid dienone is 1. The van der Waals surface area contributed by atoms with E-state index in [4.69, 9.17) is 0 Å². The first-order valence-electron chi connectivity index (χ1n) is 8.09. The van der Waals surface area contributed by atoms with Gasteiger partial charge in [-0.05, 0) is 35.4 Å². The molecule has 1 N–H and O–H groups in total. The molecule has 0 aliphatic carbocycles. The average Bonchev–Trinajstić information content (AvgIpc) is 3.19. The van der Waals surface area contributed by atoms with Gasteiger partial charge in [0.05, 0.1) is 17.6 Å². The number of anilines is 1. The van der Waals surface area contributed by atoms with Gasteiger partial charge in [0.15, 0.2) is 0 Å². The number of hydrogen-bond acceptors (Lipinski definition) is 5. The van der Waals surface area contributed by atoms with Gasteiger partial charge in [-0.2, -0.15) is 0 Å². The molecule has 0 saturated carbocycles. The Morgan fingerprint density at radius 3 is 2.88 bits per heavy atom. The van der Waals surface area contributed by atoms with E-state index in [2.05, 4.69) is 32.0 Å². The molecule has 0 amide bonds. The molecule has 0 atom stereocenters. The van der Waals surface area contributed by atoms with Crippen LogP contribution >= 0.6 is 0 Å². The summed E-state index contributed by atoms with van der Waals surface area (Å²) in [6.07, 6.45) is 3.53. The highest BCUT2D eigenvalue weighted by atomic mass is 16.1. The van der Waals surface area contributed by atoms with Crippen molar-refractivity contribution in [1.82, 2.24) is 29.8 Å². The van der Waals surface area contributed by atoms with E-state index in [1.807, 2.05) is 28.8 Å². The van der Waals surface area contributed by atoms with E-state index in [9.17, 15) is 4.79 Å². The zero-order valence-electron chi connectivity index (χ0n) is 13.3. The van der Waals surface area contributed by atoms with Crippen LogP contribution in [0, 0.1) is 0 Å². The van der Waals surface area contributed by atoms with Crippen molar-refractivity contribution in [2.24, 2.45) is 0 Å². The number of nitrogens with one attached hydrogen (secondary N) is 1. The Morgan fingerprint density at radius 2 is 2.08 bits per heavy atom. The molecule has 1 saturated heterocycles. The summed E-state index contributed by atoms with van der Waals surface area (Å²) < 4.78 is 3.63. The summed E-state index contributed by atoms with van der Waals surface area (Å²) in [5.74, 6) is 0.764. The van der Waals surface area contributed by atoms with Crippen LogP contribution < -0.4 is 10.6 Å². The minimum Gasteiger partial charge on any atom is -0.340 e. The molecule has 0 spiro atoms. The van der Waals surface area contributed by atoms with Gasteiger partial charge in [-0.1, -0.05) is 23.3 Å². The number of para-hydroxylation sites is 2. The van der Waals surface area contributed by atoms with Gasteiger partial charge in [0.1, 0.15) is 0 Å². The van der Waals surface area contributed by atoms with Crippen LogP contribution in [0.25, 0.3) is 11.0 Å². The number of H-pyrrole nitrogens is 1. The molecule has 0 radical (unpaired) electrons. The number of rotatable bonds is 4. The van der Waals surface area contributed by atoms with Gasteiger partial charge in [-0.3, -0.25) is 4.57 Å². The maximum atomic E-state index is 12.3. The van der Waals surface area contributed by atoms with Crippen LogP contribution in [0.2, 0.25) is 0 Å². The van der Waals surface area contributed by atoms with E-state index in [0.717, 1.165) is 42.9 Å². The summed E-state index contributed by atoms with van der Waals surface area (Å²) in [5.41, 5.74) is 1.82. The lowest BCUT2D eigenvalue weighted by atomic mass is 10.0. The number of tetrazole rings is 1. The smallest absolute Gasteiger partial charge is 0.326 e. The Bertz CT molecular complexity index is 914. The molecule has 3 aromatic rings. The van der Waals surface area contributed by atoms with Crippen molar-refractivity contribution < 1.29 is 0 Å². The van der Waals surface area contributed by atoms with Gasteiger partial charge < -0.3 is 9.88 Å². The summed E-state index contributed by atoms with van der Waals surface area (Å²) in [7, 11) is 0. The fourth-order valence-corrected chi connectivity index (χ4v) is 3.43. The fourth-order valence-electron chi connectivity index (χ4n) is 3.43. The predicted molar refractivity (Wildman–Crippen MR) is 91.1 cm³/mol. The minimum absolute atomic E-state index is 0.0360. The van der Waals surface area contributed by atoms with Gasteiger partial charge in [-0.15, -0.1) is 6.58 Å². The number of aromatic nitrogens is 6. The van der Waals surface area contributed by atoms with Gasteiger partial charge in [0.2, 0.25) is 5.95 Å². The van der Waals surface area contributed by atoms with Gasteiger partial charge >= 0.3 is 5.69 Å². The predicted octanol–water partition coefficient (Wildman–Crippen LogP) is 1.34. The highest BCUT2D eigenvalue weighted by Gasteiger charge is 2.26. The number of aromatic amines is 1. The third-order valence-electron chi connectivity index (χ3n) is 4.55. The molecule has 8 heteroatoms. The zero-order chi connectivity index (χ0) is 16.5. The second-order valence-corrected chi connectivity index (χ2v) is 5.99. The normalized spacial score (nSPS) is 15.9. The van der Waals surface area contributed by atoms with Crippen LogP contribution in [0.15, 0.2) is 41.7 Å². The summed E-state index contributed by atoms with van der Waals surface area (Å²) >= 11 is 0. The Morgan fingerprint density at radius 1 is 1.29 bits per heavy atom. The summed E-state index contributed by atoms with van der Waals surface area (Å²) in [6, 6.07) is 8.01. The Balaban J connectivity index is 1.55. The molecule has 0 unspecified atom stereocenters. The van der Waals surface area contributed by atoms with E-state index in [-0.39, 0.29) is 11.7 Å². The topological polar surface area (TPSA) is 84.6 Å². The quantitative estimate of drug-likeness (QED) is 0.732. The summed E-state index contributed by atoms with van der Waals surface area (Å²) in [6.45, 7) is 5.94. The molecular formula is C16H19N7O. The lowest BCUT2D eigenvalue weighted by molar-refractivity contribution is 0.391. The highest BCUT2D eigenvalue weighted by Crippen LogP contribution is 2.26. The fraction of sp³-hybridized carbons (Fsp3) is 0.375. The van der Waals surface area contributed by atoms with Gasteiger partial charge in [0, 0.05) is 19.1 Å². The van der Waals surface area contributed by atoms with Crippen molar-refractivity contribution >= 4 is 17.0 Å². The number of imidazole rings is 1. The molecule has 0 bridgehead atoms. The minimum atomic E-state index is -0.0360. The largest absolute Gasteiger partial charge is 0.340 e. The molecule has 1 aliphatic heterocycles. The summed E-state index contributed by atoms with van der Waals surface area (Å²) in [5, 5.41) is 11.9. The molecule has 4 rings (SSSR count). The van der Waals surface area contributed by atoms with Crippen LogP contribution in [-0.4, -0.2) is 42.8 Å². The first-order chi connectivity index (χ1) is 11.8. The van der Waals surface area contributed by atoms with Crippen molar-refractivity contribution in [2.45, 2.75) is 25.4 Å². The second-order valence-electron chi connectivity index (χ2n) is 5.99. The highest BCUT2D eigenvalue weighted by molar-refractivity contribution is 5.75. The molecule has 124 valence electrons. The third kappa shape index (κ3) is 2.40. The lowest BCUT2D eigenvalue weighted by Crippen LogP contribution is -2.38. The summed E-state index contributed by atoms with van der Waals surface area (Å²) in [4.78, 5) is 17.4. The number of nitrogens with zero attached hydrogens (tertiary/aromatic N) is 6. The number of hydrogen-bond donors (Lipinski definition) is 1. The van der Waals surface area contributed by atoms with Crippen molar-refractivity contribution in [3.8, 4) is 0 Å². The van der Waals surface area contributed by atoms with Crippen LogP contribution in [0.1, 0.15) is 18.9 Å². The van der Waals surface area contributed by atoms with E-state index in [0.29, 0.717) is 6.54 Å². The molecule has 1 aromatic carbocycles. The van der Waals surface area contributed by atoms with Crippen LogP contribution in [0.5, 0.6) is 0 Å². The maximum Gasteiger partial charge on any atom is 0.326 e. The van der Waals surface area contributed by atoms with E-state index < -0.39 is 0 Å². The Kier molecular flexibility index (Phi) is 3.64. The van der Waals surface area contributed by atoms with Crippen molar-refractivity contribution in [2.75, 3.05) is 18.0 Å². The first kappa shape index (κ1) is 14.7. The monoisotopic (exact) mass is 325 g/mol. The van der Waals surface area contributed by atoms with Gasteiger partial charge in [-0.25, -0.2) is 9.48 Å². The molecular weight excluding hydrogens is 306 g/mol. The second kappa shape index (κ2) is 5.95. The van der Waals surface area contributed by atoms with Crippen LogP contribution in [0.4, 0.5) is 5.95 Å². The third-order valence-corrected chi connectivity index (χ3v) is 4.55. The zero-order valence-corrected chi connectivity index (χ0v) is 13.3. The van der Waals surface area contributed by atoms with Gasteiger partial charge in [0.25, 0.3) is 0 Å². The number of benzene rings is 1. The van der Waals surface area contributed by atoms with E-state index in [1.54, 1.807) is 10.8 Å². The van der Waals surface area contributed by atoms with Crippen molar-refractivity contribution in [3.05, 3.63) is 47.4 Å². The van der Waals surface area contributed by atoms with Crippen LogP contribution in [-0.2, 0) is 6.54 Å². The van der Waals surface area contributed by atoms with Crippen molar-refractivity contribution in [3.63, 3.8) is 0 Å². The number of piperidine rings is 1. The van der Waals surface area contributed by atoms with E-state index in [1.165, 1.54) is 0 Å². The maximum absolute atomic E-state index is 12.3. The standard InChI is InChI=1S/C16H19N7O/c1-2-9-22-15(18-19-20-22)21-10-7-12(8-11-21)23-14-6-4-3-5-13(14)17-16(23)24/h2-6,12H,1,7-11H2,(H,17,24). The Hall–Kier alpha value is -2.90. The molecule has 1 aliphatic rings. The first-order valence-corrected chi connectivity index (χ1v) is 8.09. The molecule has 3 heterocycles. The van der Waals surface area contributed by atoms with Crippen LogP contribution in [0.3, 0.4) is 0 Å². The molecule has 1 fully saturated rings. The molecule has 2 aromatic heterocycles. The Labute approximate surface area is 138 Å². The number of fused-ring (bicyclic) bond motifs is 1. The lowest BCUT2D eigenvalue weighted by Gasteiger charge is -2.32. The SMILES string of the molecule is C=CCn1nnnc1N1CCC(n2c(=O)[nH]c3ccccc32)CC1. The van der Waals surface area contributed by atoms with Crippen molar-refractivity contribution in [1.29, 1.82) is 0 Å². The molecule has 24 heavy (non-hydrogen) atoms.